The molecule has 0 aliphatic carbocycles. The Kier molecular flexibility index (Phi) is 24.8. The van der Waals surface area contributed by atoms with E-state index in [1.807, 2.05) is 0 Å². The van der Waals surface area contributed by atoms with Crippen LogP contribution in [0.5, 0.6) is 0 Å². The largest absolute Gasteiger partial charge is 0.462 e. The fraction of sp³-hybridized carbons (Fsp3) is 0.897. The van der Waals surface area contributed by atoms with Gasteiger partial charge >= 0.3 is 5.97 Å². The molecule has 0 atom stereocenters. The first-order valence-corrected chi connectivity index (χ1v) is 14.1. The lowest BCUT2D eigenvalue weighted by Gasteiger charge is -2.07. The Balaban J connectivity index is 3.31. The van der Waals surface area contributed by atoms with E-state index < -0.39 is 0 Å². The van der Waals surface area contributed by atoms with Crippen molar-refractivity contribution in [3.63, 3.8) is 0 Å². The molecule has 0 rings (SSSR count). The van der Waals surface area contributed by atoms with Crippen LogP contribution in [0.4, 0.5) is 0 Å². The predicted molar refractivity (Wildman–Crippen MR) is 138 cm³/mol. The Morgan fingerprint density at radius 3 is 1.23 bits per heavy atom. The molecule has 2 nitrogen and oxygen atoms in total. The van der Waals surface area contributed by atoms with Gasteiger partial charge in [0.1, 0.15) is 0 Å². The molecule has 31 heavy (non-hydrogen) atoms. The Hall–Kier alpha value is -0.790. The normalized spacial score (nSPS) is 11.0. The number of hydrogen-bond donors (Lipinski definition) is 0. The lowest BCUT2D eigenvalue weighted by Crippen LogP contribution is -2.08. The molecule has 0 N–H and O–H groups in total. The molecule has 0 spiro atoms. The summed E-state index contributed by atoms with van der Waals surface area (Å²) in [5.74, 6) is -0.167. The molecular weight excluding hydrogens is 380 g/mol. The van der Waals surface area contributed by atoms with E-state index in [4.69, 9.17) is 4.74 Å². The van der Waals surface area contributed by atoms with Gasteiger partial charge in [0.05, 0.1) is 6.61 Å². The second kappa shape index (κ2) is 25.5. The summed E-state index contributed by atoms with van der Waals surface area (Å²) in [6, 6.07) is 0. The van der Waals surface area contributed by atoms with E-state index in [0.717, 1.165) is 19.3 Å². The maximum atomic E-state index is 12.0. The predicted octanol–water partition coefficient (Wildman–Crippen LogP) is 10.1. The summed E-state index contributed by atoms with van der Waals surface area (Å²) in [7, 11) is 0. The molecule has 2 heteroatoms. The fourth-order valence-corrected chi connectivity index (χ4v) is 4.14. The fourth-order valence-electron chi connectivity index (χ4n) is 4.14. The third-order valence-corrected chi connectivity index (χ3v) is 6.35. The number of hydrogen-bond acceptors (Lipinski definition) is 2. The highest BCUT2D eigenvalue weighted by Gasteiger charge is 2.07. The minimum Gasteiger partial charge on any atom is -0.462 e. The molecule has 0 aromatic rings. The average molecular weight is 437 g/mol. The second-order valence-corrected chi connectivity index (χ2v) is 9.56. The Morgan fingerprint density at radius 2 is 0.839 bits per heavy atom. The van der Waals surface area contributed by atoms with Crippen LogP contribution >= 0.6 is 0 Å². The third kappa shape index (κ3) is 23.7. The van der Waals surface area contributed by atoms with Crippen molar-refractivity contribution < 1.29 is 9.53 Å². The molecule has 184 valence electrons. The Labute approximate surface area is 196 Å². The molecule has 0 saturated carbocycles. The van der Waals surface area contributed by atoms with Crippen molar-refractivity contribution in [2.24, 2.45) is 0 Å². The van der Waals surface area contributed by atoms with Gasteiger partial charge in [-0.05, 0) is 19.3 Å². The lowest BCUT2D eigenvalue weighted by atomic mass is 10.0. The van der Waals surface area contributed by atoms with E-state index in [9.17, 15) is 4.79 Å². The van der Waals surface area contributed by atoms with Crippen LogP contribution in [0.3, 0.4) is 0 Å². The summed E-state index contributed by atoms with van der Waals surface area (Å²) in [5, 5.41) is 0. The quantitative estimate of drug-likeness (QED) is 0.0808. The lowest BCUT2D eigenvalue weighted by molar-refractivity contribution is -0.139. The van der Waals surface area contributed by atoms with Crippen molar-refractivity contribution in [2.45, 2.75) is 162 Å². The summed E-state index contributed by atoms with van der Waals surface area (Å²) in [6.07, 6.45) is 29.9. The van der Waals surface area contributed by atoms with Gasteiger partial charge in [-0.3, -0.25) is 0 Å². The minimum absolute atomic E-state index is 0.167. The maximum absolute atomic E-state index is 12.0. The topological polar surface area (TPSA) is 26.3 Å². The van der Waals surface area contributed by atoms with Crippen LogP contribution in [0.15, 0.2) is 12.2 Å². The molecule has 0 unspecified atom stereocenters. The zero-order valence-electron chi connectivity index (χ0n) is 21.5. The summed E-state index contributed by atoms with van der Waals surface area (Å²) in [5.41, 5.74) is 0.666. The molecule has 0 amide bonds. The monoisotopic (exact) mass is 436 g/mol. The highest BCUT2D eigenvalue weighted by atomic mass is 16.5. The van der Waals surface area contributed by atoms with Crippen molar-refractivity contribution in [3.05, 3.63) is 12.2 Å². The number of esters is 1. The van der Waals surface area contributed by atoms with E-state index in [-0.39, 0.29) is 5.97 Å². The van der Waals surface area contributed by atoms with Gasteiger partial charge in [-0.15, -0.1) is 0 Å². The molecule has 0 bridgehead atoms. The number of rotatable bonds is 25. The minimum atomic E-state index is -0.167. The smallest absolute Gasteiger partial charge is 0.333 e. The van der Waals surface area contributed by atoms with Crippen molar-refractivity contribution in [3.8, 4) is 0 Å². The average Bonchev–Trinajstić information content (AvgIpc) is 2.77. The molecular formula is C29H56O2. The van der Waals surface area contributed by atoms with E-state index in [1.54, 1.807) is 0 Å². The van der Waals surface area contributed by atoms with Crippen molar-refractivity contribution in [2.75, 3.05) is 6.61 Å². The van der Waals surface area contributed by atoms with Crippen molar-refractivity contribution >= 4 is 5.97 Å². The van der Waals surface area contributed by atoms with Crippen LogP contribution in [0.1, 0.15) is 162 Å². The van der Waals surface area contributed by atoms with Gasteiger partial charge in [-0.1, -0.05) is 149 Å². The highest BCUT2D eigenvalue weighted by Crippen LogP contribution is 2.15. The van der Waals surface area contributed by atoms with Gasteiger partial charge in [0.2, 0.25) is 0 Å². The third-order valence-electron chi connectivity index (χ3n) is 6.35. The zero-order valence-corrected chi connectivity index (χ0v) is 21.5. The van der Waals surface area contributed by atoms with Gasteiger partial charge < -0.3 is 4.74 Å². The first-order chi connectivity index (χ1) is 15.2. The summed E-state index contributed by atoms with van der Waals surface area (Å²) in [4.78, 5) is 12.0. The number of unbranched alkanes of at least 4 members (excludes halogenated alkanes) is 20. The molecule has 0 aliphatic rings. The Morgan fingerprint density at radius 1 is 0.516 bits per heavy atom. The summed E-state index contributed by atoms with van der Waals surface area (Å²) >= 11 is 0. The van der Waals surface area contributed by atoms with Crippen LogP contribution < -0.4 is 0 Å². The number of carbonyl (C=O) groups is 1. The summed E-state index contributed by atoms with van der Waals surface area (Å²) in [6.45, 7) is 9.04. The highest BCUT2D eigenvalue weighted by molar-refractivity contribution is 5.87. The van der Waals surface area contributed by atoms with Gasteiger partial charge in [0, 0.05) is 5.57 Å². The first-order valence-electron chi connectivity index (χ1n) is 14.1. The first kappa shape index (κ1) is 30.2. The van der Waals surface area contributed by atoms with Crippen LogP contribution in [-0.2, 0) is 9.53 Å². The van der Waals surface area contributed by atoms with Crippen LogP contribution in [-0.4, -0.2) is 12.6 Å². The van der Waals surface area contributed by atoms with Crippen LogP contribution in [0, 0.1) is 0 Å². The van der Waals surface area contributed by atoms with Gasteiger partial charge in [0.15, 0.2) is 0 Å². The molecule has 0 saturated heterocycles. The van der Waals surface area contributed by atoms with Crippen molar-refractivity contribution in [1.82, 2.24) is 0 Å². The van der Waals surface area contributed by atoms with Gasteiger partial charge in [-0.2, -0.15) is 0 Å². The van der Waals surface area contributed by atoms with Crippen LogP contribution in [0.25, 0.3) is 0 Å². The van der Waals surface area contributed by atoms with E-state index in [2.05, 4.69) is 20.4 Å². The maximum Gasteiger partial charge on any atom is 0.333 e. The number of carbonyl (C=O) groups excluding carboxylic acids is 1. The molecule has 0 aromatic carbocycles. The molecule has 0 aromatic heterocycles. The standard InChI is InChI=1S/C29H56O2/c1-4-6-8-10-12-14-16-18-20-22-24-26-28(3)29(30)31-27-25-23-21-19-17-15-13-11-9-7-5-2/h3-27H2,1-2H3. The summed E-state index contributed by atoms with van der Waals surface area (Å²) < 4.78 is 5.40. The van der Waals surface area contributed by atoms with Gasteiger partial charge in [-0.25, -0.2) is 4.79 Å². The molecule has 0 radical (unpaired) electrons. The van der Waals surface area contributed by atoms with E-state index in [0.29, 0.717) is 12.2 Å². The second-order valence-electron chi connectivity index (χ2n) is 9.56. The molecule has 0 fully saturated rings. The van der Waals surface area contributed by atoms with E-state index in [1.165, 1.54) is 128 Å². The van der Waals surface area contributed by atoms with Crippen LogP contribution in [0.2, 0.25) is 0 Å². The number of ether oxygens (including phenoxy) is 1. The van der Waals surface area contributed by atoms with Crippen molar-refractivity contribution in [1.29, 1.82) is 0 Å². The Bertz CT molecular complexity index is 388. The SMILES string of the molecule is C=C(CCCCCCCCCCCCC)C(=O)OCCCCCCCCCCCCC. The van der Waals surface area contributed by atoms with E-state index >= 15 is 0 Å². The zero-order chi connectivity index (χ0) is 22.8. The van der Waals surface area contributed by atoms with Gasteiger partial charge in [0.25, 0.3) is 0 Å². The molecule has 0 heterocycles. The molecule has 0 aliphatic heterocycles.